The number of carbonyl (C=O) groups is 3. The average Bonchev–Trinajstić information content (AvgIpc) is 3.32. The lowest BCUT2D eigenvalue weighted by molar-refractivity contribution is -0.150. The molecule has 3 rings (SSSR count). The first-order chi connectivity index (χ1) is 13.5. The first-order valence-corrected chi connectivity index (χ1v) is 9.88. The molecule has 1 N–H and O–H groups in total. The maximum Gasteiger partial charge on any atom is 0.249 e. The molecule has 9 heteroatoms. The van der Waals surface area contributed by atoms with E-state index in [-0.39, 0.29) is 48.9 Å². The highest BCUT2D eigenvalue weighted by Crippen LogP contribution is 2.35. The molecule has 0 aromatic carbocycles. The molecule has 2 saturated heterocycles. The lowest BCUT2D eigenvalue weighted by atomic mass is 9.96. The summed E-state index contributed by atoms with van der Waals surface area (Å²) in [5.74, 6) is -0.512. The number of carbonyl (C=O) groups excluding carboxylic acids is 3. The summed E-state index contributed by atoms with van der Waals surface area (Å²) in [5, 5.41) is 7.16. The Morgan fingerprint density at radius 2 is 2.21 bits per heavy atom. The van der Waals surface area contributed by atoms with Crippen LogP contribution in [0.15, 0.2) is 18.5 Å². The van der Waals surface area contributed by atoms with Gasteiger partial charge in [-0.1, -0.05) is 6.92 Å². The summed E-state index contributed by atoms with van der Waals surface area (Å²) < 4.78 is 6.73. The summed E-state index contributed by atoms with van der Waals surface area (Å²) in [5.41, 5.74) is 0. The van der Waals surface area contributed by atoms with Gasteiger partial charge in [-0.3, -0.25) is 19.1 Å². The molecule has 2 aliphatic heterocycles. The SMILES string of the molecule is CC[C@H]1[C@@H](C(=O)NCCCn2cccn2)C[C@H]2CN(C(=O)COC)CC(=O)N21. The second-order valence-corrected chi connectivity index (χ2v) is 7.39. The number of aryl methyl sites for hydroxylation is 1. The van der Waals surface area contributed by atoms with Gasteiger partial charge in [0.1, 0.15) is 6.61 Å². The van der Waals surface area contributed by atoms with Gasteiger partial charge in [0.15, 0.2) is 0 Å². The zero-order chi connectivity index (χ0) is 20.1. The van der Waals surface area contributed by atoms with Crippen molar-refractivity contribution in [1.82, 2.24) is 24.9 Å². The molecular formula is C19H29N5O4. The van der Waals surface area contributed by atoms with Gasteiger partial charge in [-0.05, 0) is 25.3 Å². The number of rotatable bonds is 8. The van der Waals surface area contributed by atoms with Crippen LogP contribution in [0.3, 0.4) is 0 Å². The van der Waals surface area contributed by atoms with Crippen molar-refractivity contribution in [2.45, 2.75) is 44.8 Å². The number of aromatic nitrogens is 2. The zero-order valence-corrected chi connectivity index (χ0v) is 16.5. The van der Waals surface area contributed by atoms with Gasteiger partial charge in [-0.25, -0.2) is 0 Å². The summed E-state index contributed by atoms with van der Waals surface area (Å²) in [6.07, 6.45) is 5.73. The van der Waals surface area contributed by atoms with Crippen molar-refractivity contribution in [3.05, 3.63) is 18.5 Å². The molecule has 3 heterocycles. The molecule has 0 unspecified atom stereocenters. The van der Waals surface area contributed by atoms with Crippen LogP contribution in [-0.4, -0.2) is 82.7 Å². The molecule has 3 amide bonds. The minimum Gasteiger partial charge on any atom is -0.375 e. The fourth-order valence-corrected chi connectivity index (χ4v) is 4.33. The van der Waals surface area contributed by atoms with E-state index >= 15 is 0 Å². The molecule has 0 spiro atoms. The highest BCUT2D eigenvalue weighted by atomic mass is 16.5. The van der Waals surface area contributed by atoms with Crippen LogP contribution in [0.2, 0.25) is 0 Å². The zero-order valence-electron chi connectivity index (χ0n) is 16.5. The second-order valence-electron chi connectivity index (χ2n) is 7.39. The van der Waals surface area contributed by atoms with Crippen molar-refractivity contribution in [2.24, 2.45) is 5.92 Å². The third-order valence-electron chi connectivity index (χ3n) is 5.58. The Morgan fingerprint density at radius 1 is 1.39 bits per heavy atom. The number of hydrogen-bond acceptors (Lipinski definition) is 5. The number of methoxy groups -OCH3 is 1. The maximum absolute atomic E-state index is 12.8. The summed E-state index contributed by atoms with van der Waals surface area (Å²) in [7, 11) is 1.46. The normalized spacial score (nSPS) is 24.4. The highest BCUT2D eigenvalue weighted by Gasteiger charge is 2.49. The molecular weight excluding hydrogens is 362 g/mol. The lowest BCUT2D eigenvalue weighted by Gasteiger charge is -2.39. The van der Waals surface area contributed by atoms with Crippen molar-refractivity contribution in [1.29, 1.82) is 0 Å². The van der Waals surface area contributed by atoms with Crippen LogP contribution in [-0.2, 0) is 25.7 Å². The summed E-state index contributed by atoms with van der Waals surface area (Å²) in [6, 6.07) is 1.66. The van der Waals surface area contributed by atoms with E-state index in [1.54, 1.807) is 11.1 Å². The van der Waals surface area contributed by atoms with Gasteiger partial charge >= 0.3 is 0 Å². The monoisotopic (exact) mass is 391 g/mol. The molecule has 0 aliphatic carbocycles. The minimum absolute atomic E-state index is 0.00992. The third kappa shape index (κ3) is 4.35. The van der Waals surface area contributed by atoms with Crippen LogP contribution in [0.25, 0.3) is 0 Å². The smallest absolute Gasteiger partial charge is 0.249 e. The van der Waals surface area contributed by atoms with Crippen molar-refractivity contribution < 1.29 is 19.1 Å². The molecule has 154 valence electrons. The maximum atomic E-state index is 12.8. The van der Waals surface area contributed by atoms with E-state index in [0.29, 0.717) is 19.5 Å². The second kappa shape index (κ2) is 9.18. The van der Waals surface area contributed by atoms with Gasteiger partial charge in [0.2, 0.25) is 17.7 Å². The van der Waals surface area contributed by atoms with Crippen LogP contribution in [0, 0.1) is 5.92 Å². The quantitative estimate of drug-likeness (QED) is 0.623. The van der Waals surface area contributed by atoms with E-state index < -0.39 is 0 Å². The topological polar surface area (TPSA) is 96.8 Å². The Bertz CT molecular complexity index is 693. The van der Waals surface area contributed by atoms with Crippen LogP contribution in [0.4, 0.5) is 0 Å². The number of ether oxygens (including phenoxy) is 1. The molecule has 9 nitrogen and oxygen atoms in total. The fourth-order valence-electron chi connectivity index (χ4n) is 4.33. The van der Waals surface area contributed by atoms with Crippen molar-refractivity contribution in [2.75, 3.05) is 33.4 Å². The Hall–Kier alpha value is -2.42. The van der Waals surface area contributed by atoms with Crippen molar-refractivity contribution >= 4 is 17.7 Å². The molecule has 2 fully saturated rings. The molecule has 28 heavy (non-hydrogen) atoms. The number of hydrogen-bond donors (Lipinski definition) is 1. The molecule has 0 radical (unpaired) electrons. The largest absolute Gasteiger partial charge is 0.375 e. The Morgan fingerprint density at radius 3 is 2.89 bits per heavy atom. The molecule has 0 bridgehead atoms. The summed E-state index contributed by atoms with van der Waals surface area (Å²) in [4.78, 5) is 40.9. The van der Waals surface area contributed by atoms with Gasteiger partial charge in [0.05, 0.1) is 18.5 Å². The fraction of sp³-hybridized carbons (Fsp3) is 0.684. The van der Waals surface area contributed by atoms with E-state index in [4.69, 9.17) is 4.74 Å². The van der Waals surface area contributed by atoms with Gasteiger partial charge in [0, 0.05) is 45.2 Å². The molecule has 1 aromatic rings. The van der Waals surface area contributed by atoms with E-state index in [1.165, 1.54) is 7.11 Å². The van der Waals surface area contributed by atoms with Gasteiger partial charge in [-0.15, -0.1) is 0 Å². The van der Waals surface area contributed by atoms with Crippen molar-refractivity contribution in [3.8, 4) is 0 Å². The number of fused-ring (bicyclic) bond motifs is 1. The van der Waals surface area contributed by atoms with Gasteiger partial charge < -0.3 is 19.9 Å². The Balaban J connectivity index is 1.56. The van der Waals surface area contributed by atoms with Crippen LogP contribution >= 0.6 is 0 Å². The lowest BCUT2D eigenvalue weighted by Crippen LogP contribution is -2.58. The van der Waals surface area contributed by atoms with Gasteiger partial charge in [0.25, 0.3) is 0 Å². The van der Waals surface area contributed by atoms with Crippen LogP contribution in [0.5, 0.6) is 0 Å². The average molecular weight is 391 g/mol. The van der Waals surface area contributed by atoms with Crippen molar-refractivity contribution in [3.63, 3.8) is 0 Å². The van der Waals surface area contributed by atoms with E-state index in [9.17, 15) is 14.4 Å². The highest BCUT2D eigenvalue weighted by molar-refractivity contribution is 5.89. The number of nitrogens with one attached hydrogen (secondary N) is 1. The van der Waals surface area contributed by atoms with Gasteiger partial charge in [-0.2, -0.15) is 5.10 Å². The van der Waals surface area contributed by atoms with Crippen LogP contribution in [0.1, 0.15) is 26.2 Å². The Labute approximate surface area is 165 Å². The molecule has 0 saturated carbocycles. The van der Waals surface area contributed by atoms with E-state index in [2.05, 4.69) is 10.4 Å². The van der Waals surface area contributed by atoms with E-state index in [1.807, 2.05) is 28.8 Å². The number of amides is 3. The third-order valence-corrected chi connectivity index (χ3v) is 5.58. The first-order valence-electron chi connectivity index (χ1n) is 9.88. The summed E-state index contributed by atoms with van der Waals surface area (Å²) in [6.45, 7) is 3.82. The molecule has 1 aromatic heterocycles. The summed E-state index contributed by atoms with van der Waals surface area (Å²) >= 11 is 0. The standard InChI is InChI=1S/C19H29N5O4/c1-3-16-15(19(27)20-6-4-8-23-9-5-7-21-23)10-14-11-22(18(26)13-28-2)12-17(25)24(14)16/h5,7,9,14-16H,3-4,6,8,10-13H2,1-2H3,(H,20,27)/t14-,15-,16-/m0/s1. The molecule has 2 aliphatic rings. The Kier molecular flexibility index (Phi) is 6.66. The molecule has 3 atom stereocenters. The van der Waals surface area contributed by atoms with Crippen LogP contribution < -0.4 is 5.32 Å². The predicted octanol–water partition coefficient (Wildman–Crippen LogP) is -0.126. The first kappa shape index (κ1) is 20.3. The number of piperazine rings is 1. The number of nitrogens with zero attached hydrogens (tertiary/aromatic N) is 4. The van der Waals surface area contributed by atoms with E-state index in [0.717, 1.165) is 19.4 Å². The predicted molar refractivity (Wildman–Crippen MR) is 101 cm³/mol. The minimum atomic E-state index is -0.235.